The third-order valence-corrected chi connectivity index (χ3v) is 3.02. The lowest BCUT2D eigenvalue weighted by molar-refractivity contribution is 0.0957. The summed E-state index contributed by atoms with van der Waals surface area (Å²) >= 11 is 0. The van der Waals surface area contributed by atoms with Crippen LogP contribution in [0.3, 0.4) is 0 Å². The maximum absolute atomic E-state index is 12.0. The SMILES string of the molecule is CCCn1ccnc1C(=O)CC1CCCN1. The Balaban J connectivity index is 1.99. The first-order valence-corrected chi connectivity index (χ1v) is 6.09. The molecule has 2 heterocycles. The van der Waals surface area contributed by atoms with Crippen LogP contribution in [0.4, 0.5) is 0 Å². The van der Waals surface area contributed by atoms with Crippen LogP contribution in [0.2, 0.25) is 0 Å². The van der Waals surface area contributed by atoms with E-state index in [1.54, 1.807) is 6.20 Å². The number of rotatable bonds is 5. The molecule has 1 aliphatic heterocycles. The second-order valence-electron chi connectivity index (χ2n) is 4.36. The Morgan fingerprint density at radius 2 is 2.56 bits per heavy atom. The number of imidazole rings is 1. The van der Waals surface area contributed by atoms with Crippen LogP contribution >= 0.6 is 0 Å². The van der Waals surface area contributed by atoms with E-state index in [-0.39, 0.29) is 5.78 Å². The zero-order valence-electron chi connectivity index (χ0n) is 9.78. The van der Waals surface area contributed by atoms with Gasteiger partial charge in [0.2, 0.25) is 0 Å². The Bertz CT molecular complexity index is 353. The molecule has 2 rings (SSSR count). The summed E-state index contributed by atoms with van der Waals surface area (Å²) in [5, 5.41) is 3.34. The summed E-state index contributed by atoms with van der Waals surface area (Å²) in [5.74, 6) is 0.786. The maximum Gasteiger partial charge on any atom is 0.199 e. The van der Waals surface area contributed by atoms with Gasteiger partial charge in [-0.1, -0.05) is 6.92 Å². The molecular formula is C12H19N3O. The normalized spacial score (nSPS) is 20.2. The van der Waals surface area contributed by atoms with Crippen molar-refractivity contribution >= 4 is 5.78 Å². The summed E-state index contributed by atoms with van der Waals surface area (Å²) in [6.07, 6.45) is 7.50. The van der Waals surface area contributed by atoms with Crippen molar-refractivity contribution in [1.82, 2.24) is 14.9 Å². The summed E-state index contributed by atoms with van der Waals surface area (Å²) in [7, 11) is 0. The third kappa shape index (κ3) is 2.50. The summed E-state index contributed by atoms with van der Waals surface area (Å²) < 4.78 is 1.96. The number of nitrogens with one attached hydrogen (secondary N) is 1. The molecule has 4 nitrogen and oxygen atoms in total. The zero-order chi connectivity index (χ0) is 11.4. The van der Waals surface area contributed by atoms with Crippen LogP contribution in [0.1, 0.15) is 43.2 Å². The standard InChI is InChI=1S/C12H19N3O/c1-2-7-15-8-6-14-12(15)11(16)9-10-4-3-5-13-10/h6,8,10,13H,2-5,7,9H2,1H3. The molecule has 0 saturated carbocycles. The molecule has 0 aromatic carbocycles. The Hall–Kier alpha value is -1.16. The van der Waals surface area contributed by atoms with E-state index in [0.717, 1.165) is 25.9 Å². The van der Waals surface area contributed by atoms with Crippen LogP contribution in [0.25, 0.3) is 0 Å². The highest BCUT2D eigenvalue weighted by atomic mass is 16.1. The van der Waals surface area contributed by atoms with Crippen LogP contribution in [-0.2, 0) is 6.54 Å². The molecule has 0 aliphatic carbocycles. The number of carbonyl (C=O) groups excluding carboxylic acids is 1. The van der Waals surface area contributed by atoms with Crippen molar-refractivity contribution in [1.29, 1.82) is 0 Å². The van der Waals surface area contributed by atoms with Crippen LogP contribution in [-0.4, -0.2) is 27.9 Å². The molecule has 1 aliphatic rings. The van der Waals surface area contributed by atoms with Gasteiger partial charge in [-0.3, -0.25) is 4.79 Å². The lowest BCUT2D eigenvalue weighted by Gasteiger charge is -2.09. The third-order valence-electron chi connectivity index (χ3n) is 3.02. The number of hydrogen-bond acceptors (Lipinski definition) is 3. The molecule has 1 unspecified atom stereocenters. The minimum Gasteiger partial charge on any atom is -0.329 e. The molecule has 1 aromatic rings. The Kier molecular flexibility index (Phi) is 3.72. The van der Waals surface area contributed by atoms with Crippen molar-refractivity contribution in [2.45, 2.75) is 45.2 Å². The Labute approximate surface area is 96.1 Å². The molecule has 1 aromatic heterocycles. The van der Waals surface area contributed by atoms with Crippen molar-refractivity contribution in [2.24, 2.45) is 0 Å². The molecule has 1 fully saturated rings. The fourth-order valence-electron chi connectivity index (χ4n) is 2.23. The quantitative estimate of drug-likeness (QED) is 0.768. The van der Waals surface area contributed by atoms with Gasteiger partial charge in [0.15, 0.2) is 11.6 Å². The van der Waals surface area contributed by atoms with Crippen molar-refractivity contribution in [3.8, 4) is 0 Å². The van der Waals surface area contributed by atoms with E-state index in [0.29, 0.717) is 18.3 Å². The molecule has 0 spiro atoms. The van der Waals surface area contributed by atoms with Gasteiger partial charge in [-0.15, -0.1) is 0 Å². The van der Waals surface area contributed by atoms with E-state index in [1.165, 1.54) is 6.42 Å². The molecule has 0 amide bonds. The van der Waals surface area contributed by atoms with Crippen LogP contribution in [0, 0.1) is 0 Å². The van der Waals surface area contributed by atoms with Crippen molar-refractivity contribution in [2.75, 3.05) is 6.54 Å². The van der Waals surface area contributed by atoms with Gasteiger partial charge in [0.25, 0.3) is 0 Å². The van der Waals surface area contributed by atoms with E-state index in [1.807, 2.05) is 10.8 Å². The van der Waals surface area contributed by atoms with Crippen LogP contribution in [0.5, 0.6) is 0 Å². The minimum absolute atomic E-state index is 0.165. The van der Waals surface area contributed by atoms with Gasteiger partial charge in [0.05, 0.1) is 0 Å². The van der Waals surface area contributed by atoms with Crippen molar-refractivity contribution < 1.29 is 4.79 Å². The second-order valence-corrected chi connectivity index (χ2v) is 4.36. The summed E-state index contributed by atoms with van der Waals surface area (Å²) in [4.78, 5) is 16.2. The van der Waals surface area contributed by atoms with Crippen molar-refractivity contribution in [3.05, 3.63) is 18.2 Å². The molecule has 0 radical (unpaired) electrons. The fourth-order valence-corrected chi connectivity index (χ4v) is 2.23. The number of aromatic nitrogens is 2. The Morgan fingerprint density at radius 1 is 1.69 bits per heavy atom. The molecule has 1 N–H and O–H groups in total. The van der Waals surface area contributed by atoms with Gasteiger partial charge in [-0.05, 0) is 25.8 Å². The number of nitrogens with zero attached hydrogens (tertiary/aromatic N) is 2. The molecule has 1 saturated heterocycles. The molecule has 0 bridgehead atoms. The van der Waals surface area contributed by atoms with Gasteiger partial charge >= 0.3 is 0 Å². The first-order chi connectivity index (χ1) is 7.81. The summed E-state index contributed by atoms with van der Waals surface area (Å²) in [6, 6.07) is 0.360. The van der Waals surface area contributed by atoms with E-state index >= 15 is 0 Å². The average Bonchev–Trinajstić information content (AvgIpc) is 2.89. The lowest BCUT2D eigenvalue weighted by atomic mass is 10.1. The number of hydrogen-bond donors (Lipinski definition) is 1. The first-order valence-electron chi connectivity index (χ1n) is 6.09. The molecule has 1 atom stereocenters. The minimum atomic E-state index is 0.165. The predicted molar refractivity (Wildman–Crippen MR) is 62.5 cm³/mol. The Morgan fingerprint density at radius 3 is 3.25 bits per heavy atom. The summed E-state index contributed by atoms with van der Waals surface area (Å²) in [6.45, 7) is 4.02. The highest BCUT2D eigenvalue weighted by Crippen LogP contribution is 2.12. The van der Waals surface area contributed by atoms with E-state index < -0.39 is 0 Å². The van der Waals surface area contributed by atoms with E-state index in [9.17, 15) is 4.79 Å². The molecule has 88 valence electrons. The zero-order valence-corrected chi connectivity index (χ0v) is 9.78. The number of aryl methyl sites for hydroxylation is 1. The van der Waals surface area contributed by atoms with Gasteiger partial charge in [-0.25, -0.2) is 4.98 Å². The predicted octanol–water partition coefficient (Wildman–Crippen LogP) is 1.62. The highest BCUT2D eigenvalue weighted by molar-refractivity contribution is 5.93. The van der Waals surface area contributed by atoms with Gasteiger partial charge in [0.1, 0.15) is 0 Å². The smallest absolute Gasteiger partial charge is 0.199 e. The number of ketones is 1. The van der Waals surface area contributed by atoms with Gasteiger partial charge < -0.3 is 9.88 Å². The first kappa shape index (κ1) is 11.3. The second kappa shape index (κ2) is 5.25. The van der Waals surface area contributed by atoms with Crippen LogP contribution in [0.15, 0.2) is 12.4 Å². The number of Topliss-reactive ketones (excluding diaryl/α,β-unsaturated/α-hetero) is 1. The lowest BCUT2D eigenvalue weighted by Crippen LogP contribution is -2.25. The molecular weight excluding hydrogens is 202 g/mol. The van der Waals surface area contributed by atoms with Gasteiger partial charge in [0, 0.05) is 31.4 Å². The fraction of sp³-hybridized carbons (Fsp3) is 0.667. The maximum atomic E-state index is 12.0. The highest BCUT2D eigenvalue weighted by Gasteiger charge is 2.20. The topological polar surface area (TPSA) is 46.9 Å². The summed E-state index contributed by atoms with van der Waals surface area (Å²) in [5.41, 5.74) is 0. The van der Waals surface area contributed by atoms with E-state index in [4.69, 9.17) is 0 Å². The molecule has 4 heteroatoms. The average molecular weight is 221 g/mol. The largest absolute Gasteiger partial charge is 0.329 e. The van der Waals surface area contributed by atoms with Crippen LogP contribution < -0.4 is 5.32 Å². The van der Waals surface area contributed by atoms with E-state index in [2.05, 4.69) is 17.2 Å². The number of carbonyl (C=O) groups is 1. The van der Waals surface area contributed by atoms with Crippen molar-refractivity contribution in [3.63, 3.8) is 0 Å². The van der Waals surface area contributed by atoms with Gasteiger partial charge in [-0.2, -0.15) is 0 Å². The molecule has 16 heavy (non-hydrogen) atoms. The monoisotopic (exact) mass is 221 g/mol.